The van der Waals surface area contributed by atoms with E-state index in [-0.39, 0.29) is 11.6 Å². The second-order valence-electron chi connectivity index (χ2n) is 10.3. The maximum Gasteiger partial charge on any atom is 0.309 e. The Morgan fingerprint density at radius 2 is 1.74 bits per heavy atom. The molecule has 34 heavy (non-hydrogen) atoms. The molecular formula is C28H47FN2O3. The Labute approximate surface area is 206 Å². The van der Waals surface area contributed by atoms with Gasteiger partial charge in [0.05, 0.1) is 5.41 Å². The van der Waals surface area contributed by atoms with Gasteiger partial charge in [0, 0.05) is 31.4 Å². The fraction of sp³-hybridized carbons (Fsp3) is 0.714. The predicted octanol–water partition coefficient (Wildman–Crippen LogP) is 6.41. The normalized spacial score (nSPS) is 19.0. The van der Waals surface area contributed by atoms with E-state index in [1.54, 1.807) is 0 Å². The van der Waals surface area contributed by atoms with Gasteiger partial charge in [-0.3, -0.25) is 9.69 Å². The average Bonchev–Trinajstić information content (AvgIpc) is 2.76. The number of unbranched alkanes of at least 4 members (excludes halogenated alkanes) is 1. The fourth-order valence-corrected chi connectivity index (χ4v) is 5.05. The van der Waals surface area contributed by atoms with Crippen molar-refractivity contribution in [2.45, 2.75) is 92.5 Å². The van der Waals surface area contributed by atoms with Crippen molar-refractivity contribution in [1.82, 2.24) is 4.90 Å². The van der Waals surface area contributed by atoms with Gasteiger partial charge in [-0.2, -0.15) is 0 Å². The van der Waals surface area contributed by atoms with E-state index in [1.165, 1.54) is 26.0 Å². The number of aliphatic carboxylic acids is 1. The number of anilines is 1. The lowest BCUT2D eigenvalue weighted by atomic mass is 9.72. The van der Waals surface area contributed by atoms with E-state index in [4.69, 9.17) is 0 Å². The van der Waals surface area contributed by atoms with Crippen molar-refractivity contribution in [3.05, 3.63) is 30.1 Å². The van der Waals surface area contributed by atoms with Crippen molar-refractivity contribution in [2.24, 2.45) is 11.3 Å². The molecule has 0 aromatic heterocycles. The zero-order chi connectivity index (χ0) is 25.7. The van der Waals surface area contributed by atoms with Crippen LogP contribution in [0.15, 0.2) is 24.3 Å². The molecule has 0 amide bonds. The van der Waals surface area contributed by atoms with Crippen LogP contribution in [0, 0.1) is 17.2 Å². The zero-order valence-electron chi connectivity index (χ0n) is 22.3. The van der Waals surface area contributed by atoms with Crippen LogP contribution in [0.25, 0.3) is 0 Å². The molecule has 1 aromatic rings. The molecule has 1 aliphatic rings. The number of nitrogens with zero attached hydrogens (tertiary/aromatic N) is 2. The first-order chi connectivity index (χ1) is 16.0. The number of carboxylic acid groups (broad SMARTS) is 1. The summed E-state index contributed by atoms with van der Waals surface area (Å²) in [6, 6.07) is 7.15. The lowest BCUT2D eigenvalue weighted by Crippen LogP contribution is -2.52. The summed E-state index contributed by atoms with van der Waals surface area (Å²) in [5, 5.41) is 10.00. The number of carboxylic acids is 1. The van der Waals surface area contributed by atoms with Gasteiger partial charge in [-0.1, -0.05) is 40.0 Å². The standard InChI is InChI=1S/C25H41FN2O2.C3H6O/c1-5-7-14-25(13-6-2,24(29)30)18-20(3)12-15-27-16-17-28(21(4)19-27)23-10-8-22(26)9-11-23;1-3(2)4/h8-11,20-21H,5-7,12-19H2,1-4H3,(H,29,30);1-2H3/t20-,21-,25?;/m0./s1. The molecule has 3 atom stereocenters. The highest BCUT2D eigenvalue weighted by atomic mass is 19.1. The van der Waals surface area contributed by atoms with E-state index in [2.05, 4.69) is 37.5 Å². The van der Waals surface area contributed by atoms with Crippen molar-refractivity contribution < 1.29 is 19.1 Å². The molecule has 194 valence electrons. The summed E-state index contributed by atoms with van der Waals surface area (Å²) in [6.45, 7) is 15.6. The summed E-state index contributed by atoms with van der Waals surface area (Å²) in [6.07, 6.45) is 6.34. The predicted molar refractivity (Wildman–Crippen MR) is 139 cm³/mol. The van der Waals surface area contributed by atoms with E-state index < -0.39 is 11.4 Å². The summed E-state index contributed by atoms with van der Waals surface area (Å²) in [4.78, 5) is 26.4. The third-order valence-electron chi connectivity index (χ3n) is 6.74. The number of benzene rings is 1. The van der Waals surface area contributed by atoms with Gasteiger partial charge < -0.3 is 14.8 Å². The molecule has 1 fully saturated rings. The van der Waals surface area contributed by atoms with Crippen molar-refractivity contribution in [1.29, 1.82) is 0 Å². The smallest absolute Gasteiger partial charge is 0.309 e. The second-order valence-corrected chi connectivity index (χ2v) is 10.3. The molecule has 1 aliphatic heterocycles. The molecule has 0 radical (unpaired) electrons. The van der Waals surface area contributed by atoms with Crippen LogP contribution in [0.3, 0.4) is 0 Å². The lowest BCUT2D eigenvalue weighted by Gasteiger charge is -2.42. The SMILES string of the molecule is CC(C)=O.CCCCC(CCC)(C[C@@H](C)CCN1CCN(c2ccc(F)cc2)[C@@H](C)C1)C(=O)O. The number of Topliss-reactive ketones (excluding diaryl/α,β-unsaturated/α-hetero) is 1. The van der Waals surface area contributed by atoms with Crippen molar-refractivity contribution in [2.75, 3.05) is 31.1 Å². The van der Waals surface area contributed by atoms with Crippen LogP contribution in [-0.2, 0) is 9.59 Å². The summed E-state index contributed by atoms with van der Waals surface area (Å²) < 4.78 is 13.2. The zero-order valence-corrected chi connectivity index (χ0v) is 22.3. The molecule has 0 bridgehead atoms. The highest BCUT2D eigenvalue weighted by Crippen LogP contribution is 2.38. The molecule has 2 rings (SSSR count). The first-order valence-electron chi connectivity index (χ1n) is 13.0. The first-order valence-corrected chi connectivity index (χ1v) is 13.0. The number of carbonyl (C=O) groups is 2. The van der Waals surface area contributed by atoms with Gasteiger partial charge in [0.15, 0.2) is 0 Å². The van der Waals surface area contributed by atoms with Crippen molar-refractivity contribution in [3.63, 3.8) is 0 Å². The highest BCUT2D eigenvalue weighted by Gasteiger charge is 2.38. The molecule has 1 aromatic carbocycles. The average molecular weight is 479 g/mol. The monoisotopic (exact) mass is 478 g/mol. The van der Waals surface area contributed by atoms with Crippen LogP contribution >= 0.6 is 0 Å². The molecule has 1 heterocycles. The van der Waals surface area contributed by atoms with Crippen LogP contribution in [0.4, 0.5) is 10.1 Å². The van der Waals surface area contributed by atoms with Gasteiger partial charge in [0.2, 0.25) is 0 Å². The molecule has 0 saturated carbocycles. The quantitative estimate of drug-likeness (QED) is 0.376. The number of hydrogen-bond acceptors (Lipinski definition) is 4. The van der Waals surface area contributed by atoms with E-state index in [1.807, 2.05) is 12.1 Å². The fourth-order valence-electron chi connectivity index (χ4n) is 5.05. The molecule has 1 N–H and O–H groups in total. The Bertz CT molecular complexity index is 736. The Hall–Kier alpha value is -1.95. The molecule has 0 spiro atoms. The van der Waals surface area contributed by atoms with Crippen LogP contribution in [0.1, 0.15) is 86.5 Å². The molecule has 6 heteroatoms. The number of halogens is 1. The van der Waals surface area contributed by atoms with Crippen molar-refractivity contribution >= 4 is 17.4 Å². The lowest BCUT2D eigenvalue weighted by molar-refractivity contribution is -0.151. The van der Waals surface area contributed by atoms with Crippen LogP contribution in [0.5, 0.6) is 0 Å². The van der Waals surface area contributed by atoms with Crippen LogP contribution in [-0.4, -0.2) is 54.0 Å². The molecule has 1 saturated heterocycles. The minimum atomic E-state index is -0.605. The Morgan fingerprint density at radius 3 is 2.24 bits per heavy atom. The van der Waals surface area contributed by atoms with Crippen molar-refractivity contribution in [3.8, 4) is 0 Å². The van der Waals surface area contributed by atoms with E-state index >= 15 is 0 Å². The topological polar surface area (TPSA) is 60.9 Å². The second kappa shape index (κ2) is 15.1. The molecular weight excluding hydrogens is 431 g/mol. The Morgan fingerprint density at radius 1 is 1.12 bits per heavy atom. The minimum Gasteiger partial charge on any atom is -0.481 e. The van der Waals surface area contributed by atoms with Gasteiger partial charge in [0.25, 0.3) is 0 Å². The third kappa shape index (κ3) is 10.1. The third-order valence-corrected chi connectivity index (χ3v) is 6.74. The molecule has 5 nitrogen and oxygen atoms in total. The number of piperazine rings is 1. The van der Waals surface area contributed by atoms with E-state index in [9.17, 15) is 19.1 Å². The summed E-state index contributed by atoms with van der Waals surface area (Å²) in [7, 11) is 0. The van der Waals surface area contributed by atoms with Gasteiger partial charge in [-0.05, 0) is 83.2 Å². The van der Waals surface area contributed by atoms with Crippen LogP contribution in [0.2, 0.25) is 0 Å². The number of carbonyl (C=O) groups excluding carboxylic acids is 1. The van der Waals surface area contributed by atoms with Gasteiger partial charge in [-0.25, -0.2) is 4.39 Å². The number of hydrogen-bond donors (Lipinski definition) is 1. The van der Waals surface area contributed by atoms with Gasteiger partial charge in [-0.15, -0.1) is 0 Å². The van der Waals surface area contributed by atoms with Gasteiger partial charge >= 0.3 is 5.97 Å². The van der Waals surface area contributed by atoms with Gasteiger partial charge in [0.1, 0.15) is 11.6 Å². The molecule has 1 unspecified atom stereocenters. The summed E-state index contributed by atoms with van der Waals surface area (Å²) >= 11 is 0. The Balaban J connectivity index is 0.00000133. The summed E-state index contributed by atoms with van der Waals surface area (Å²) in [5.74, 6) is -0.236. The van der Waals surface area contributed by atoms with Crippen LogP contribution < -0.4 is 4.90 Å². The minimum absolute atomic E-state index is 0.167. The molecule has 0 aliphatic carbocycles. The maximum absolute atomic E-state index is 13.2. The first kappa shape index (κ1) is 30.1. The van der Waals surface area contributed by atoms with E-state index in [0.29, 0.717) is 12.0 Å². The largest absolute Gasteiger partial charge is 0.481 e. The number of ketones is 1. The highest BCUT2D eigenvalue weighted by molar-refractivity contribution is 5.74. The maximum atomic E-state index is 13.2. The van der Waals surface area contributed by atoms with E-state index in [0.717, 1.165) is 76.8 Å². The number of rotatable bonds is 12. The summed E-state index contributed by atoms with van der Waals surface area (Å²) in [5.41, 5.74) is 0.525. The Kier molecular flexibility index (Phi) is 13.4.